The molecule has 0 bridgehead atoms. The van der Waals surface area contributed by atoms with Crippen molar-refractivity contribution < 1.29 is 18.7 Å². The number of fused-ring (bicyclic) bond motifs is 1. The molecular weight excluding hydrogens is 375 g/mol. The number of aromatic nitrogens is 2. The molecule has 8 heteroatoms. The third-order valence-electron chi connectivity index (χ3n) is 4.33. The van der Waals surface area contributed by atoms with E-state index in [9.17, 15) is 9.18 Å². The number of nitrogens with zero attached hydrogens (tertiary/aromatic N) is 2. The van der Waals surface area contributed by atoms with E-state index >= 15 is 0 Å². The fourth-order valence-electron chi connectivity index (χ4n) is 2.88. The molecule has 0 atom stereocenters. The van der Waals surface area contributed by atoms with Gasteiger partial charge in [0.1, 0.15) is 36.9 Å². The third kappa shape index (κ3) is 4.78. The summed E-state index contributed by atoms with van der Waals surface area (Å²) in [6, 6.07) is 13.3. The van der Waals surface area contributed by atoms with Crippen LogP contribution in [0.1, 0.15) is 16.1 Å². The van der Waals surface area contributed by atoms with Gasteiger partial charge in [0, 0.05) is 24.4 Å². The van der Waals surface area contributed by atoms with Gasteiger partial charge >= 0.3 is 0 Å². The second-order valence-electron chi connectivity index (χ2n) is 6.40. The molecule has 0 spiro atoms. The van der Waals surface area contributed by atoms with Gasteiger partial charge in [-0.15, -0.1) is 0 Å². The number of ether oxygens (including phenoxy) is 2. The second-order valence-corrected chi connectivity index (χ2v) is 6.40. The number of carbonyl (C=O) groups excluding carboxylic acids is 1. The van der Waals surface area contributed by atoms with Gasteiger partial charge in [-0.25, -0.2) is 14.4 Å². The quantitative estimate of drug-likeness (QED) is 0.668. The van der Waals surface area contributed by atoms with Crippen LogP contribution in [-0.4, -0.2) is 35.6 Å². The highest BCUT2D eigenvalue weighted by molar-refractivity contribution is 5.93. The van der Waals surface area contributed by atoms with Crippen LogP contribution in [0.5, 0.6) is 11.5 Å². The zero-order valence-corrected chi connectivity index (χ0v) is 15.5. The van der Waals surface area contributed by atoms with Crippen LogP contribution in [0, 0.1) is 5.82 Å². The normalized spacial score (nSPS) is 12.3. The van der Waals surface area contributed by atoms with Gasteiger partial charge in [-0.3, -0.25) is 4.79 Å². The Morgan fingerprint density at radius 1 is 1.00 bits per heavy atom. The predicted octanol–water partition coefficient (Wildman–Crippen LogP) is 3.10. The zero-order valence-electron chi connectivity index (χ0n) is 15.5. The van der Waals surface area contributed by atoms with E-state index in [1.807, 2.05) is 18.2 Å². The number of rotatable bonds is 6. The first-order valence-electron chi connectivity index (χ1n) is 9.19. The lowest BCUT2D eigenvalue weighted by Crippen LogP contribution is -2.26. The molecule has 1 amide bonds. The smallest absolute Gasteiger partial charge is 0.270 e. The largest absolute Gasteiger partial charge is 0.486 e. The summed E-state index contributed by atoms with van der Waals surface area (Å²) in [6.07, 6.45) is 1.93. The predicted molar refractivity (Wildman–Crippen MR) is 105 cm³/mol. The SMILES string of the molecule is O=C(NCCc1ccc(F)cc1)c1cc(Nc2ccc3c(c2)OCCO3)ncn1. The molecule has 0 saturated carbocycles. The Morgan fingerprint density at radius 3 is 2.62 bits per heavy atom. The van der Waals surface area contributed by atoms with Gasteiger partial charge in [-0.2, -0.15) is 0 Å². The lowest BCUT2D eigenvalue weighted by Gasteiger charge is -2.19. The first-order valence-corrected chi connectivity index (χ1v) is 9.19. The maximum atomic E-state index is 12.9. The molecule has 148 valence electrons. The van der Waals surface area contributed by atoms with E-state index < -0.39 is 0 Å². The summed E-state index contributed by atoms with van der Waals surface area (Å²) >= 11 is 0. The Hall–Kier alpha value is -3.68. The maximum absolute atomic E-state index is 12.9. The summed E-state index contributed by atoms with van der Waals surface area (Å²) in [5, 5.41) is 5.94. The number of amides is 1. The molecule has 29 heavy (non-hydrogen) atoms. The van der Waals surface area contributed by atoms with E-state index in [-0.39, 0.29) is 17.4 Å². The molecule has 2 N–H and O–H groups in total. The Labute approximate surface area is 166 Å². The van der Waals surface area contributed by atoms with E-state index in [1.165, 1.54) is 18.5 Å². The summed E-state index contributed by atoms with van der Waals surface area (Å²) in [5.41, 5.74) is 1.95. The van der Waals surface area contributed by atoms with E-state index in [4.69, 9.17) is 9.47 Å². The zero-order chi connectivity index (χ0) is 20.1. The third-order valence-corrected chi connectivity index (χ3v) is 4.33. The molecule has 1 aliphatic heterocycles. The topological polar surface area (TPSA) is 85.4 Å². The number of halogens is 1. The van der Waals surface area contributed by atoms with Crippen LogP contribution in [0.4, 0.5) is 15.9 Å². The minimum atomic E-state index is -0.306. The van der Waals surface area contributed by atoms with Crippen molar-refractivity contribution >= 4 is 17.4 Å². The average Bonchev–Trinajstić information content (AvgIpc) is 2.75. The van der Waals surface area contributed by atoms with E-state index in [1.54, 1.807) is 18.2 Å². The number of nitrogens with one attached hydrogen (secondary N) is 2. The van der Waals surface area contributed by atoms with Crippen LogP contribution < -0.4 is 20.1 Å². The van der Waals surface area contributed by atoms with Gasteiger partial charge < -0.3 is 20.1 Å². The van der Waals surface area contributed by atoms with Crippen molar-refractivity contribution in [1.82, 2.24) is 15.3 Å². The Bertz CT molecular complexity index is 1010. The summed E-state index contributed by atoms with van der Waals surface area (Å²) in [4.78, 5) is 20.5. The van der Waals surface area contributed by atoms with Crippen molar-refractivity contribution in [3.05, 3.63) is 71.9 Å². The van der Waals surface area contributed by atoms with Gasteiger partial charge in [-0.05, 0) is 36.2 Å². The lowest BCUT2D eigenvalue weighted by molar-refractivity contribution is 0.0949. The standard InChI is InChI=1S/C21H19FN4O3/c22-15-3-1-14(2-4-15)7-8-23-21(27)17-12-20(25-13-24-17)26-16-5-6-18-19(11-16)29-10-9-28-18/h1-6,11-13H,7-10H2,(H,23,27)(H,24,25,26). The minimum Gasteiger partial charge on any atom is -0.486 e. The average molecular weight is 394 g/mol. The molecule has 0 fully saturated rings. The van der Waals surface area contributed by atoms with Crippen molar-refractivity contribution in [2.75, 3.05) is 25.1 Å². The van der Waals surface area contributed by atoms with E-state index in [0.29, 0.717) is 43.5 Å². The molecular formula is C21H19FN4O3. The highest BCUT2D eigenvalue weighted by atomic mass is 19.1. The van der Waals surface area contributed by atoms with E-state index in [2.05, 4.69) is 20.6 Å². The first-order chi connectivity index (χ1) is 14.2. The summed E-state index contributed by atoms with van der Waals surface area (Å²) in [6.45, 7) is 1.46. The van der Waals surface area contributed by atoms with Crippen molar-refractivity contribution in [3.63, 3.8) is 0 Å². The summed E-state index contributed by atoms with van der Waals surface area (Å²) in [5.74, 6) is 1.26. The van der Waals surface area contributed by atoms with Crippen molar-refractivity contribution in [1.29, 1.82) is 0 Å². The van der Waals surface area contributed by atoms with Gasteiger partial charge in [0.15, 0.2) is 11.5 Å². The number of benzene rings is 2. The van der Waals surface area contributed by atoms with Crippen LogP contribution in [0.15, 0.2) is 54.9 Å². The number of carbonyl (C=O) groups is 1. The molecule has 4 rings (SSSR count). The Balaban J connectivity index is 1.36. The molecule has 2 aromatic carbocycles. The highest BCUT2D eigenvalue weighted by Crippen LogP contribution is 2.33. The molecule has 2 heterocycles. The summed E-state index contributed by atoms with van der Waals surface area (Å²) < 4.78 is 24.0. The molecule has 0 radical (unpaired) electrons. The molecule has 3 aromatic rings. The molecule has 1 aliphatic rings. The van der Waals surface area contributed by atoms with Crippen LogP contribution in [0.25, 0.3) is 0 Å². The fourth-order valence-corrected chi connectivity index (χ4v) is 2.88. The number of hydrogen-bond donors (Lipinski definition) is 2. The van der Waals surface area contributed by atoms with Crippen molar-refractivity contribution in [2.24, 2.45) is 0 Å². The number of hydrogen-bond acceptors (Lipinski definition) is 6. The van der Waals surface area contributed by atoms with Gasteiger partial charge in [-0.1, -0.05) is 12.1 Å². The van der Waals surface area contributed by atoms with Crippen molar-refractivity contribution in [2.45, 2.75) is 6.42 Å². The molecule has 0 unspecified atom stereocenters. The van der Waals surface area contributed by atoms with Crippen LogP contribution in [-0.2, 0) is 6.42 Å². The lowest BCUT2D eigenvalue weighted by atomic mass is 10.1. The van der Waals surface area contributed by atoms with Crippen LogP contribution >= 0.6 is 0 Å². The fraction of sp³-hybridized carbons (Fsp3) is 0.190. The first kappa shape index (κ1) is 18.7. The molecule has 1 aromatic heterocycles. The molecule has 0 aliphatic carbocycles. The minimum absolute atomic E-state index is 0.249. The summed E-state index contributed by atoms with van der Waals surface area (Å²) in [7, 11) is 0. The monoisotopic (exact) mass is 394 g/mol. The highest BCUT2D eigenvalue weighted by Gasteiger charge is 2.13. The van der Waals surface area contributed by atoms with Crippen LogP contribution in [0.3, 0.4) is 0 Å². The van der Waals surface area contributed by atoms with Gasteiger partial charge in [0.25, 0.3) is 5.91 Å². The van der Waals surface area contributed by atoms with Crippen LogP contribution in [0.2, 0.25) is 0 Å². The number of anilines is 2. The second kappa shape index (κ2) is 8.55. The Morgan fingerprint density at radius 2 is 1.79 bits per heavy atom. The van der Waals surface area contributed by atoms with Gasteiger partial charge in [0.05, 0.1) is 0 Å². The van der Waals surface area contributed by atoms with Crippen molar-refractivity contribution in [3.8, 4) is 11.5 Å². The van der Waals surface area contributed by atoms with Gasteiger partial charge in [0.2, 0.25) is 0 Å². The molecule has 0 saturated heterocycles. The Kier molecular flexibility index (Phi) is 5.51. The molecule has 7 nitrogen and oxygen atoms in total. The maximum Gasteiger partial charge on any atom is 0.270 e. The van der Waals surface area contributed by atoms with E-state index in [0.717, 1.165) is 11.3 Å².